The minimum atomic E-state index is -0.349. The maximum Gasteiger partial charge on any atom is 0.229 e. The number of aromatic hydroxyl groups is 2. The third kappa shape index (κ3) is 5.43. The lowest BCUT2D eigenvalue weighted by molar-refractivity contribution is -0.273. The van der Waals surface area contributed by atoms with E-state index in [2.05, 4.69) is 38.3 Å². The number of phenols is 2. The van der Waals surface area contributed by atoms with E-state index < -0.39 is 0 Å². The zero-order valence-electron chi connectivity index (χ0n) is 28.4. The van der Waals surface area contributed by atoms with Crippen molar-refractivity contribution in [3.8, 4) is 11.5 Å². The van der Waals surface area contributed by atoms with Crippen molar-refractivity contribution in [3.63, 3.8) is 0 Å². The van der Waals surface area contributed by atoms with E-state index in [0.29, 0.717) is 53.6 Å². The van der Waals surface area contributed by atoms with Crippen LogP contribution < -0.4 is 10.6 Å². The molecule has 2 saturated heterocycles. The quantitative estimate of drug-likeness (QED) is 0.222. The lowest BCUT2D eigenvalue weighted by Crippen LogP contribution is -2.56. The highest BCUT2D eigenvalue weighted by molar-refractivity contribution is 5.96. The molecule has 0 aromatic heterocycles. The lowest BCUT2D eigenvalue weighted by atomic mass is 9.44. The van der Waals surface area contributed by atoms with Crippen molar-refractivity contribution in [2.75, 3.05) is 13.2 Å². The number of phenolic OH excluding ortho intramolecular Hbond substituents is 2. The summed E-state index contributed by atoms with van der Waals surface area (Å²) in [6.07, 6.45) is 12.4. The number of rotatable bonds is 6. The summed E-state index contributed by atoms with van der Waals surface area (Å²) in [4.78, 5) is 25.3. The highest BCUT2D eigenvalue weighted by atomic mass is 16.7. The van der Waals surface area contributed by atoms with Crippen LogP contribution >= 0.6 is 0 Å². The number of amides is 2. The molecule has 8 heteroatoms. The number of carbonyl (C=O) groups excluding carboxylic acids is 2. The van der Waals surface area contributed by atoms with Gasteiger partial charge in [-0.1, -0.05) is 33.8 Å². The van der Waals surface area contributed by atoms with Crippen LogP contribution in [0.25, 0.3) is 0 Å². The SMILES string of the molecule is C[C@@H]1CC[C@@]2(OC1)O[C@H]1C[C@H]3[C@@H]4CC[C@@H]5CC(NC(=O)CC(=O)NCCc6ccc(O)c(O)c6)CC[C@]5(C)[C@H]4CC[C@]3(C)[C@H]1[C@@H]2C. The predicted molar refractivity (Wildman–Crippen MR) is 175 cm³/mol. The van der Waals surface area contributed by atoms with Crippen molar-refractivity contribution in [2.24, 2.45) is 52.3 Å². The van der Waals surface area contributed by atoms with Gasteiger partial charge in [0.05, 0.1) is 12.7 Å². The summed E-state index contributed by atoms with van der Waals surface area (Å²) >= 11 is 0. The second-order valence-electron chi connectivity index (χ2n) is 16.8. The lowest BCUT2D eigenvalue weighted by Gasteiger charge is -2.61. The smallest absolute Gasteiger partial charge is 0.229 e. The van der Waals surface area contributed by atoms with Crippen LogP contribution in [0.15, 0.2) is 18.2 Å². The van der Waals surface area contributed by atoms with Gasteiger partial charge in [-0.3, -0.25) is 9.59 Å². The Hall–Kier alpha value is -2.32. The number of carbonyl (C=O) groups is 2. The van der Waals surface area contributed by atoms with E-state index in [4.69, 9.17) is 9.47 Å². The van der Waals surface area contributed by atoms with Crippen LogP contribution in [0.1, 0.15) is 104 Å². The van der Waals surface area contributed by atoms with Crippen molar-refractivity contribution in [2.45, 2.75) is 123 Å². The van der Waals surface area contributed by atoms with Crippen LogP contribution in [0.2, 0.25) is 0 Å². The number of fused-ring (bicyclic) bond motifs is 7. The van der Waals surface area contributed by atoms with Gasteiger partial charge in [0, 0.05) is 24.9 Å². The second-order valence-corrected chi connectivity index (χ2v) is 16.8. The third-order valence-corrected chi connectivity index (χ3v) is 14.4. The summed E-state index contributed by atoms with van der Waals surface area (Å²) in [5.41, 5.74) is 1.46. The van der Waals surface area contributed by atoms with Crippen molar-refractivity contribution in [1.29, 1.82) is 0 Å². The van der Waals surface area contributed by atoms with Gasteiger partial charge >= 0.3 is 0 Å². The van der Waals surface area contributed by atoms with Crippen LogP contribution in [-0.4, -0.2) is 53.1 Å². The first kappa shape index (κ1) is 32.2. The Labute approximate surface area is 274 Å². The van der Waals surface area contributed by atoms with Gasteiger partial charge in [-0.05, 0) is 128 Å². The average Bonchev–Trinajstić information content (AvgIpc) is 3.46. The Bertz CT molecular complexity index is 1330. The Morgan fingerprint density at radius 3 is 2.48 bits per heavy atom. The molecule has 12 atom stereocenters. The Morgan fingerprint density at radius 1 is 0.913 bits per heavy atom. The van der Waals surface area contributed by atoms with Gasteiger partial charge in [-0.2, -0.15) is 0 Å². The molecule has 1 spiro atoms. The summed E-state index contributed by atoms with van der Waals surface area (Å²) in [6.45, 7) is 11.1. The van der Waals surface area contributed by atoms with Crippen molar-refractivity contribution in [3.05, 3.63) is 23.8 Å². The van der Waals surface area contributed by atoms with Gasteiger partial charge in [-0.25, -0.2) is 0 Å². The van der Waals surface area contributed by atoms with Gasteiger partial charge in [0.2, 0.25) is 11.8 Å². The molecule has 7 rings (SSSR count). The number of nitrogens with one attached hydrogen (secondary N) is 2. The molecule has 2 aliphatic heterocycles. The summed E-state index contributed by atoms with van der Waals surface area (Å²) in [5.74, 6) is 3.37. The number of hydrogen-bond donors (Lipinski definition) is 4. The fourth-order valence-corrected chi connectivity index (χ4v) is 12.0. The highest BCUT2D eigenvalue weighted by Gasteiger charge is 2.69. The maximum atomic E-state index is 12.9. The fraction of sp³-hybridized carbons (Fsp3) is 0.789. The molecule has 1 aromatic carbocycles. The van der Waals surface area contributed by atoms with Crippen molar-refractivity contribution < 1.29 is 29.3 Å². The van der Waals surface area contributed by atoms with Gasteiger partial charge in [-0.15, -0.1) is 0 Å². The van der Waals surface area contributed by atoms with Crippen LogP contribution in [0.3, 0.4) is 0 Å². The van der Waals surface area contributed by atoms with Gasteiger partial charge in [0.1, 0.15) is 6.42 Å². The zero-order chi connectivity index (χ0) is 32.4. The topological polar surface area (TPSA) is 117 Å². The van der Waals surface area contributed by atoms with E-state index in [1.165, 1.54) is 50.7 Å². The zero-order valence-corrected chi connectivity index (χ0v) is 28.4. The van der Waals surface area contributed by atoms with Crippen molar-refractivity contribution in [1.82, 2.24) is 10.6 Å². The van der Waals surface area contributed by atoms with Crippen LogP contribution in [-0.2, 0) is 25.5 Å². The molecule has 6 fully saturated rings. The van der Waals surface area contributed by atoms with Gasteiger partial charge < -0.3 is 30.3 Å². The number of ether oxygens (including phenoxy) is 2. The van der Waals surface area contributed by atoms with Gasteiger partial charge in [0.15, 0.2) is 17.3 Å². The van der Waals surface area contributed by atoms with E-state index >= 15 is 0 Å². The highest BCUT2D eigenvalue weighted by Crippen LogP contribution is 2.71. The summed E-state index contributed by atoms with van der Waals surface area (Å²) < 4.78 is 13.5. The molecule has 2 amide bonds. The standard InChI is InChI=1S/C38H56N2O6/c1-22-9-15-38(45-21-22)23(2)35-32(46-38)19-29-27-7-6-25-18-26(10-13-36(25,3)28(27)11-14-37(29,35)4)40-34(44)20-33(43)39-16-12-24-5-8-30(41)31(42)17-24/h5,8,17,22-23,25-29,32,35,41-42H,6-7,9-16,18-21H2,1-4H3,(H,39,43)(H,40,44)/t22-,23+,25-,26?,27-,28+,29+,32+,35+,36+,37+,38-/m1/s1. The Kier molecular flexibility index (Phi) is 8.39. The minimum Gasteiger partial charge on any atom is -0.504 e. The molecule has 4 aliphatic carbocycles. The summed E-state index contributed by atoms with van der Waals surface area (Å²) in [7, 11) is 0. The monoisotopic (exact) mass is 636 g/mol. The molecule has 46 heavy (non-hydrogen) atoms. The van der Waals surface area contributed by atoms with Crippen LogP contribution in [0, 0.1) is 52.3 Å². The fourth-order valence-electron chi connectivity index (χ4n) is 12.0. The van der Waals surface area contributed by atoms with E-state index in [-0.39, 0.29) is 41.6 Å². The van der Waals surface area contributed by atoms with E-state index in [1.807, 2.05) is 0 Å². The number of hydrogen-bond acceptors (Lipinski definition) is 6. The van der Waals surface area contributed by atoms with E-state index in [9.17, 15) is 19.8 Å². The van der Waals surface area contributed by atoms with Crippen molar-refractivity contribution >= 4 is 11.8 Å². The molecular formula is C38H56N2O6. The second kappa shape index (κ2) is 12.0. The minimum absolute atomic E-state index is 0.137. The predicted octanol–water partition coefficient (Wildman–Crippen LogP) is 6.08. The first-order valence-corrected chi connectivity index (χ1v) is 18.3. The van der Waals surface area contributed by atoms with E-state index in [0.717, 1.165) is 55.6 Å². The average molecular weight is 637 g/mol. The van der Waals surface area contributed by atoms with Gasteiger partial charge in [0.25, 0.3) is 0 Å². The molecule has 6 aliphatic rings. The summed E-state index contributed by atoms with van der Waals surface area (Å²) in [6, 6.07) is 4.76. The van der Waals surface area contributed by atoms with Crippen LogP contribution in [0.4, 0.5) is 0 Å². The molecule has 4 saturated carbocycles. The summed E-state index contributed by atoms with van der Waals surface area (Å²) in [5, 5.41) is 25.2. The molecular weight excluding hydrogens is 580 g/mol. The molecule has 2 heterocycles. The number of benzene rings is 1. The molecule has 0 bridgehead atoms. The third-order valence-electron chi connectivity index (χ3n) is 14.4. The maximum absolute atomic E-state index is 12.9. The molecule has 8 nitrogen and oxygen atoms in total. The first-order chi connectivity index (χ1) is 21.9. The van der Waals surface area contributed by atoms with Crippen LogP contribution in [0.5, 0.6) is 11.5 Å². The molecule has 1 aromatic rings. The molecule has 0 radical (unpaired) electrons. The largest absolute Gasteiger partial charge is 0.504 e. The molecule has 4 N–H and O–H groups in total. The van der Waals surface area contributed by atoms with E-state index in [1.54, 1.807) is 6.07 Å². The molecule has 1 unspecified atom stereocenters. The normalized spacial score (nSPS) is 44.5. The Morgan fingerprint density at radius 2 is 1.72 bits per heavy atom. The first-order valence-electron chi connectivity index (χ1n) is 18.3. The molecule has 254 valence electrons. The Balaban J connectivity index is 0.914.